The first-order valence-electron chi connectivity index (χ1n) is 10.2. The fourth-order valence-electron chi connectivity index (χ4n) is 3.89. The molecule has 0 radical (unpaired) electrons. The van der Waals surface area contributed by atoms with Gasteiger partial charge in [-0.3, -0.25) is 0 Å². The second-order valence-electron chi connectivity index (χ2n) is 7.57. The lowest BCUT2D eigenvalue weighted by molar-refractivity contribution is 0.384. The van der Waals surface area contributed by atoms with Crippen LogP contribution in [0.15, 0.2) is 65.7 Å². The number of anilines is 1. The molecule has 1 aliphatic heterocycles. The van der Waals surface area contributed by atoms with Crippen LogP contribution in [0, 0.1) is 12.7 Å². The number of aromatic nitrogens is 4. The van der Waals surface area contributed by atoms with Gasteiger partial charge in [-0.25, -0.2) is 27.5 Å². The Bertz CT molecular complexity index is 1370. The molecule has 2 aromatic carbocycles. The van der Waals surface area contributed by atoms with Gasteiger partial charge in [0.05, 0.1) is 22.2 Å². The zero-order chi connectivity index (χ0) is 22.3. The molecule has 0 saturated carbocycles. The third-order valence-corrected chi connectivity index (χ3v) is 7.42. The quantitative estimate of drug-likeness (QED) is 0.474. The van der Waals surface area contributed by atoms with E-state index in [9.17, 15) is 12.8 Å². The average Bonchev–Trinajstić information content (AvgIpc) is 3.23. The molecule has 5 rings (SSSR count). The number of sulfonamides is 1. The normalized spacial score (nSPS) is 15.4. The maximum absolute atomic E-state index is 13.3. The predicted octanol–water partition coefficient (Wildman–Crippen LogP) is 2.77. The largest absolute Gasteiger partial charge is 0.353 e. The number of hydrogen-bond donors (Lipinski definition) is 0. The lowest BCUT2D eigenvalue weighted by atomic mass is 10.3. The van der Waals surface area contributed by atoms with Crippen LogP contribution in [0.4, 0.5) is 10.2 Å². The summed E-state index contributed by atoms with van der Waals surface area (Å²) in [6.07, 6.45) is 1.69. The van der Waals surface area contributed by atoms with E-state index in [1.165, 1.54) is 16.4 Å². The number of hydrogen-bond acceptors (Lipinski definition) is 6. The molecule has 0 atom stereocenters. The Morgan fingerprint density at radius 3 is 2.28 bits per heavy atom. The smallest absolute Gasteiger partial charge is 0.243 e. The Hall–Kier alpha value is -3.37. The van der Waals surface area contributed by atoms with Crippen molar-refractivity contribution < 1.29 is 12.8 Å². The van der Waals surface area contributed by atoms with Gasteiger partial charge < -0.3 is 4.90 Å². The van der Waals surface area contributed by atoms with Crippen molar-refractivity contribution in [3.63, 3.8) is 0 Å². The number of fused-ring (bicyclic) bond motifs is 1. The van der Waals surface area contributed by atoms with Crippen LogP contribution in [-0.2, 0) is 10.0 Å². The first-order chi connectivity index (χ1) is 15.4. The van der Waals surface area contributed by atoms with Gasteiger partial charge in [0.1, 0.15) is 17.5 Å². The number of benzene rings is 2. The molecule has 1 aliphatic rings. The molecule has 0 amide bonds. The van der Waals surface area contributed by atoms with Gasteiger partial charge in [0.15, 0.2) is 5.65 Å². The zero-order valence-corrected chi connectivity index (χ0v) is 18.2. The van der Waals surface area contributed by atoms with E-state index < -0.39 is 10.0 Å². The van der Waals surface area contributed by atoms with Gasteiger partial charge in [-0.15, -0.1) is 0 Å². The van der Waals surface area contributed by atoms with E-state index in [1.54, 1.807) is 60.3 Å². The van der Waals surface area contributed by atoms with Crippen molar-refractivity contribution in [3.8, 4) is 5.69 Å². The van der Waals surface area contributed by atoms with Crippen molar-refractivity contribution in [1.29, 1.82) is 0 Å². The van der Waals surface area contributed by atoms with Gasteiger partial charge >= 0.3 is 0 Å². The lowest BCUT2D eigenvalue weighted by Gasteiger charge is -2.34. The van der Waals surface area contributed by atoms with E-state index >= 15 is 0 Å². The molecule has 3 heterocycles. The number of piperazine rings is 1. The Morgan fingerprint density at radius 1 is 0.906 bits per heavy atom. The van der Waals surface area contributed by atoms with Gasteiger partial charge in [-0.05, 0) is 43.3 Å². The molecule has 2 aromatic heterocycles. The first-order valence-corrected chi connectivity index (χ1v) is 11.7. The van der Waals surface area contributed by atoms with E-state index in [0.717, 1.165) is 11.2 Å². The summed E-state index contributed by atoms with van der Waals surface area (Å²) in [5.74, 6) is 0.980. The minimum absolute atomic E-state index is 0.300. The van der Waals surface area contributed by atoms with Crippen molar-refractivity contribution in [3.05, 3.63) is 72.4 Å². The maximum Gasteiger partial charge on any atom is 0.243 e. The van der Waals surface area contributed by atoms with Crippen LogP contribution in [0.1, 0.15) is 5.82 Å². The summed E-state index contributed by atoms with van der Waals surface area (Å²) in [5, 5.41) is 5.21. The van der Waals surface area contributed by atoms with Crippen molar-refractivity contribution in [1.82, 2.24) is 24.1 Å². The second-order valence-corrected chi connectivity index (χ2v) is 9.51. The average molecular weight is 453 g/mol. The molecule has 1 fully saturated rings. The fraction of sp³-hybridized carbons (Fsp3) is 0.227. The van der Waals surface area contributed by atoms with Crippen LogP contribution >= 0.6 is 0 Å². The predicted molar refractivity (Wildman–Crippen MR) is 119 cm³/mol. The third kappa shape index (κ3) is 3.61. The van der Waals surface area contributed by atoms with E-state index in [2.05, 4.69) is 20.0 Å². The second kappa shape index (κ2) is 7.95. The number of aryl methyl sites for hydroxylation is 1. The van der Waals surface area contributed by atoms with Crippen LogP contribution < -0.4 is 4.90 Å². The SMILES string of the molecule is Cc1nc(N2CCN(S(=O)(=O)c3ccccc3)CC2)c2cnn(-c3ccc(F)cc3)c2n1. The third-order valence-electron chi connectivity index (χ3n) is 5.51. The van der Waals surface area contributed by atoms with Gasteiger partial charge in [0.2, 0.25) is 10.0 Å². The van der Waals surface area contributed by atoms with E-state index in [4.69, 9.17) is 0 Å². The Kier molecular flexibility index (Phi) is 5.10. The summed E-state index contributed by atoms with van der Waals surface area (Å²) in [7, 11) is -3.53. The molecule has 0 aliphatic carbocycles. The van der Waals surface area contributed by atoms with Crippen molar-refractivity contribution in [2.24, 2.45) is 0 Å². The molecule has 0 unspecified atom stereocenters. The highest BCUT2D eigenvalue weighted by Gasteiger charge is 2.30. The minimum atomic E-state index is -3.53. The Labute approximate surface area is 185 Å². The fourth-order valence-corrected chi connectivity index (χ4v) is 5.34. The zero-order valence-electron chi connectivity index (χ0n) is 17.4. The van der Waals surface area contributed by atoms with Crippen LogP contribution in [0.3, 0.4) is 0 Å². The van der Waals surface area contributed by atoms with Gasteiger partial charge in [0.25, 0.3) is 0 Å². The summed E-state index contributed by atoms with van der Waals surface area (Å²) in [5.41, 5.74) is 1.32. The first kappa shape index (κ1) is 20.5. The maximum atomic E-state index is 13.3. The molecule has 8 nitrogen and oxygen atoms in total. The van der Waals surface area contributed by atoms with E-state index in [-0.39, 0.29) is 5.82 Å². The summed E-state index contributed by atoms with van der Waals surface area (Å²) in [6.45, 7) is 3.52. The lowest BCUT2D eigenvalue weighted by Crippen LogP contribution is -2.49. The Morgan fingerprint density at radius 2 is 1.59 bits per heavy atom. The number of halogens is 1. The molecular weight excluding hydrogens is 431 g/mol. The van der Waals surface area contributed by atoms with Gasteiger partial charge in [0, 0.05) is 26.2 Å². The van der Waals surface area contributed by atoms with Gasteiger partial charge in [-0.2, -0.15) is 9.40 Å². The van der Waals surface area contributed by atoms with Crippen LogP contribution in [-0.4, -0.2) is 58.7 Å². The highest BCUT2D eigenvalue weighted by atomic mass is 32.2. The van der Waals surface area contributed by atoms with Crippen molar-refractivity contribution >= 4 is 26.9 Å². The number of rotatable bonds is 4. The summed E-state index contributed by atoms with van der Waals surface area (Å²) < 4.78 is 42.3. The summed E-state index contributed by atoms with van der Waals surface area (Å²) in [6, 6.07) is 14.5. The van der Waals surface area contributed by atoms with Crippen LogP contribution in [0.25, 0.3) is 16.7 Å². The molecular formula is C22H21FN6O2S. The van der Waals surface area contributed by atoms with E-state index in [1.807, 2.05) is 0 Å². The summed E-state index contributed by atoms with van der Waals surface area (Å²) in [4.78, 5) is 11.5. The molecule has 0 spiro atoms. The molecule has 164 valence electrons. The molecule has 32 heavy (non-hydrogen) atoms. The van der Waals surface area contributed by atoms with Crippen LogP contribution in [0.2, 0.25) is 0 Å². The highest BCUT2D eigenvalue weighted by molar-refractivity contribution is 7.89. The molecule has 0 bridgehead atoms. The van der Waals surface area contributed by atoms with Crippen molar-refractivity contribution in [2.75, 3.05) is 31.1 Å². The van der Waals surface area contributed by atoms with Gasteiger partial charge in [-0.1, -0.05) is 18.2 Å². The monoisotopic (exact) mass is 452 g/mol. The Balaban J connectivity index is 1.43. The van der Waals surface area contributed by atoms with Crippen molar-refractivity contribution in [2.45, 2.75) is 11.8 Å². The van der Waals surface area contributed by atoms with E-state index in [0.29, 0.717) is 48.2 Å². The topological polar surface area (TPSA) is 84.2 Å². The minimum Gasteiger partial charge on any atom is -0.353 e. The number of nitrogens with zero attached hydrogens (tertiary/aromatic N) is 6. The molecule has 1 saturated heterocycles. The molecule has 10 heteroatoms. The molecule has 0 N–H and O–H groups in total. The standard InChI is InChI=1S/C22H21FN6O2S/c1-16-25-21(20-15-24-29(22(20)26-16)18-9-7-17(23)8-10-18)27-11-13-28(14-12-27)32(30,31)19-5-3-2-4-6-19/h2-10,15H,11-14H2,1H3. The van der Waals surface area contributed by atoms with Crippen LogP contribution in [0.5, 0.6) is 0 Å². The highest BCUT2D eigenvalue weighted by Crippen LogP contribution is 2.27. The summed E-state index contributed by atoms with van der Waals surface area (Å²) >= 11 is 0. The molecule has 4 aromatic rings.